The third kappa shape index (κ3) is 3.17. The van der Waals surface area contributed by atoms with Gasteiger partial charge in [0.1, 0.15) is 5.82 Å². The van der Waals surface area contributed by atoms with Crippen LogP contribution in [0, 0.1) is 5.92 Å². The molecule has 6 heteroatoms. The number of aromatic nitrogens is 3. The van der Waals surface area contributed by atoms with Crippen LogP contribution in [0.25, 0.3) is 0 Å². The monoisotopic (exact) mass is 279 g/mol. The molecule has 1 unspecified atom stereocenters. The van der Waals surface area contributed by atoms with E-state index in [9.17, 15) is 5.11 Å². The Labute approximate surface area is 120 Å². The fourth-order valence-corrected chi connectivity index (χ4v) is 2.14. The van der Waals surface area contributed by atoms with E-state index >= 15 is 0 Å². The SMILES string of the molecule is CC(C)c1nc(NC(C)(CO)C2CC2)nc(N(C)C)n1. The number of hydrogen-bond donors (Lipinski definition) is 2. The minimum absolute atomic E-state index is 0.0810. The van der Waals surface area contributed by atoms with Crippen molar-refractivity contribution in [2.75, 3.05) is 30.9 Å². The third-order valence-electron chi connectivity index (χ3n) is 3.76. The van der Waals surface area contributed by atoms with Crippen molar-refractivity contribution in [2.45, 2.75) is 45.1 Å². The van der Waals surface area contributed by atoms with Gasteiger partial charge < -0.3 is 15.3 Å². The van der Waals surface area contributed by atoms with E-state index in [1.165, 1.54) is 0 Å². The number of rotatable bonds is 6. The maximum absolute atomic E-state index is 9.67. The maximum Gasteiger partial charge on any atom is 0.229 e. The average molecular weight is 279 g/mol. The van der Waals surface area contributed by atoms with E-state index in [-0.39, 0.29) is 18.1 Å². The first kappa shape index (κ1) is 15.0. The fraction of sp³-hybridized carbons (Fsp3) is 0.786. The van der Waals surface area contributed by atoms with Gasteiger partial charge >= 0.3 is 0 Å². The molecule has 1 aliphatic carbocycles. The van der Waals surface area contributed by atoms with Gasteiger partial charge in [0.25, 0.3) is 0 Å². The van der Waals surface area contributed by atoms with Gasteiger partial charge in [0.15, 0.2) is 0 Å². The van der Waals surface area contributed by atoms with Gasteiger partial charge in [0.2, 0.25) is 11.9 Å². The second-order valence-corrected chi connectivity index (χ2v) is 6.34. The lowest BCUT2D eigenvalue weighted by molar-refractivity contribution is 0.205. The predicted molar refractivity (Wildman–Crippen MR) is 80.1 cm³/mol. The minimum Gasteiger partial charge on any atom is -0.394 e. The molecule has 1 aromatic rings. The van der Waals surface area contributed by atoms with Crippen molar-refractivity contribution in [2.24, 2.45) is 5.92 Å². The molecule has 0 aliphatic heterocycles. The summed E-state index contributed by atoms with van der Waals surface area (Å²) in [5.74, 6) is 2.69. The van der Waals surface area contributed by atoms with Crippen molar-refractivity contribution < 1.29 is 5.11 Å². The highest BCUT2D eigenvalue weighted by Crippen LogP contribution is 2.40. The summed E-state index contributed by atoms with van der Waals surface area (Å²) in [5.41, 5.74) is -0.348. The molecule has 2 N–H and O–H groups in total. The zero-order valence-corrected chi connectivity index (χ0v) is 13.0. The second kappa shape index (κ2) is 5.52. The largest absolute Gasteiger partial charge is 0.394 e. The van der Waals surface area contributed by atoms with Gasteiger partial charge in [0, 0.05) is 20.0 Å². The summed E-state index contributed by atoms with van der Waals surface area (Å²) in [6.45, 7) is 6.23. The Bertz CT molecular complexity index is 446. The van der Waals surface area contributed by atoms with E-state index in [0.717, 1.165) is 18.7 Å². The Morgan fingerprint density at radius 3 is 2.40 bits per heavy atom. The van der Waals surface area contributed by atoms with Crippen LogP contribution in [0.3, 0.4) is 0 Å². The Morgan fingerprint density at radius 1 is 1.30 bits per heavy atom. The lowest BCUT2D eigenvalue weighted by Gasteiger charge is -2.29. The topological polar surface area (TPSA) is 74.2 Å². The number of anilines is 2. The van der Waals surface area contributed by atoms with E-state index in [4.69, 9.17) is 0 Å². The van der Waals surface area contributed by atoms with Gasteiger partial charge in [-0.2, -0.15) is 15.0 Å². The Morgan fingerprint density at radius 2 is 1.95 bits per heavy atom. The van der Waals surface area contributed by atoms with E-state index in [0.29, 0.717) is 17.8 Å². The van der Waals surface area contributed by atoms with Crippen molar-refractivity contribution in [3.05, 3.63) is 5.82 Å². The first-order valence-electron chi connectivity index (χ1n) is 7.18. The van der Waals surface area contributed by atoms with Gasteiger partial charge in [-0.15, -0.1) is 0 Å². The van der Waals surface area contributed by atoms with Crippen molar-refractivity contribution >= 4 is 11.9 Å². The van der Waals surface area contributed by atoms with Gasteiger partial charge in [-0.1, -0.05) is 13.8 Å². The summed E-state index contributed by atoms with van der Waals surface area (Å²) in [4.78, 5) is 15.2. The summed E-state index contributed by atoms with van der Waals surface area (Å²) < 4.78 is 0. The predicted octanol–water partition coefficient (Wildman–Crippen LogP) is 1.63. The van der Waals surface area contributed by atoms with Gasteiger partial charge in [0.05, 0.1) is 12.1 Å². The summed E-state index contributed by atoms with van der Waals surface area (Å²) in [6, 6.07) is 0. The molecule has 0 saturated heterocycles. The van der Waals surface area contributed by atoms with E-state index in [2.05, 4.69) is 34.1 Å². The molecule has 112 valence electrons. The molecule has 2 rings (SSSR count). The molecular formula is C14H25N5O. The highest BCUT2D eigenvalue weighted by molar-refractivity contribution is 5.38. The van der Waals surface area contributed by atoms with Crippen LogP contribution in [0.2, 0.25) is 0 Å². The molecular weight excluding hydrogens is 254 g/mol. The van der Waals surface area contributed by atoms with Crippen LogP contribution in [-0.2, 0) is 0 Å². The van der Waals surface area contributed by atoms with Crippen LogP contribution in [-0.4, -0.2) is 46.3 Å². The van der Waals surface area contributed by atoms with Crippen molar-refractivity contribution in [3.8, 4) is 0 Å². The fourth-order valence-electron chi connectivity index (χ4n) is 2.14. The second-order valence-electron chi connectivity index (χ2n) is 6.34. The van der Waals surface area contributed by atoms with Crippen molar-refractivity contribution in [1.82, 2.24) is 15.0 Å². The van der Waals surface area contributed by atoms with E-state index in [1.54, 1.807) is 0 Å². The first-order chi connectivity index (χ1) is 9.35. The van der Waals surface area contributed by atoms with Crippen LogP contribution in [0.15, 0.2) is 0 Å². The lowest BCUT2D eigenvalue weighted by Crippen LogP contribution is -2.42. The summed E-state index contributed by atoms with van der Waals surface area (Å²) in [5, 5.41) is 13.0. The molecule has 1 atom stereocenters. The van der Waals surface area contributed by atoms with Gasteiger partial charge in [-0.25, -0.2) is 0 Å². The Balaban J connectivity index is 2.30. The number of hydrogen-bond acceptors (Lipinski definition) is 6. The molecule has 1 fully saturated rings. The van der Waals surface area contributed by atoms with E-state index in [1.807, 2.05) is 25.9 Å². The minimum atomic E-state index is -0.348. The molecule has 0 radical (unpaired) electrons. The number of aliphatic hydroxyl groups is 1. The van der Waals surface area contributed by atoms with Crippen LogP contribution in [0.1, 0.15) is 45.4 Å². The zero-order valence-electron chi connectivity index (χ0n) is 13.0. The van der Waals surface area contributed by atoms with Crippen LogP contribution in [0.5, 0.6) is 0 Å². The molecule has 0 amide bonds. The Hall–Kier alpha value is -1.43. The molecule has 0 spiro atoms. The molecule has 6 nitrogen and oxygen atoms in total. The molecule has 1 heterocycles. The van der Waals surface area contributed by atoms with Crippen molar-refractivity contribution in [3.63, 3.8) is 0 Å². The van der Waals surface area contributed by atoms with Crippen LogP contribution in [0.4, 0.5) is 11.9 Å². The lowest BCUT2D eigenvalue weighted by atomic mass is 9.97. The van der Waals surface area contributed by atoms with Crippen LogP contribution >= 0.6 is 0 Å². The number of nitrogens with one attached hydrogen (secondary N) is 1. The number of nitrogens with zero attached hydrogens (tertiary/aromatic N) is 4. The van der Waals surface area contributed by atoms with Gasteiger partial charge in [-0.05, 0) is 25.7 Å². The average Bonchev–Trinajstić information content (AvgIpc) is 3.22. The molecule has 1 aromatic heterocycles. The van der Waals surface area contributed by atoms with Gasteiger partial charge in [-0.3, -0.25) is 0 Å². The zero-order chi connectivity index (χ0) is 14.9. The number of aliphatic hydroxyl groups excluding tert-OH is 1. The van der Waals surface area contributed by atoms with Crippen molar-refractivity contribution in [1.29, 1.82) is 0 Å². The summed E-state index contributed by atoms with van der Waals surface area (Å²) in [6.07, 6.45) is 2.29. The van der Waals surface area contributed by atoms with Crippen LogP contribution < -0.4 is 10.2 Å². The molecule has 0 bridgehead atoms. The normalized spacial score (nSPS) is 17.9. The molecule has 20 heavy (non-hydrogen) atoms. The molecule has 0 aromatic carbocycles. The quantitative estimate of drug-likeness (QED) is 0.824. The Kier molecular flexibility index (Phi) is 4.13. The molecule has 1 saturated carbocycles. The first-order valence-corrected chi connectivity index (χ1v) is 7.18. The molecule has 1 aliphatic rings. The standard InChI is InChI=1S/C14H25N5O/c1-9(2)11-15-12(17-13(16-11)19(4)5)18-14(3,8-20)10-6-7-10/h9-10,20H,6-8H2,1-5H3,(H,15,16,17,18). The highest BCUT2D eigenvalue weighted by Gasteiger charge is 2.41. The highest BCUT2D eigenvalue weighted by atomic mass is 16.3. The maximum atomic E-state index is 9.67. The third-order valence-corrected chi connectivity index (χ3v) is 3.76. The summed E-state index contributed by atoms with van der Waals surface area (Å²) in [7, 11) is 3.82. The summed E-state index contributed by atoms with van der Waals surface area (Å²) >= 11 is 0. The van der Waals surface area contributed by atoms with E-state index < -0.39 is 0 Å². The smallest absolute Gasteiger partial charge is 0.229 e.